The zero-order valence-electron chi connectivity index (χ0n) is 14.3. The fourth-order valence-corrected chi connectivity index (χ4v) is 3.86. The zero-order chi connectivity index (χ0) is 17.8. The number of ether oxygens (including phenoxy) is 2. The fourth-order valence-electron chi connectivity index (χ4n) is 3.32. The third-order valence-electron chi connectivity index (χ3n) is 4.64. The van der Waals surface area contributed by atoms with Crippen LogP contribution >= 0.6 is 22.6 Å². The molecule has 2 amide bonds. The van der Waals surface area contributed by atoms with E-state index in [9.17, 15) is 9.59 Å². The lowest BCUT2D eigenvalue weighted by Crippen LogP contribution is -2.40. The number of carbonyl (C=O) groups excluding carboxylic acids is 2. The number of benzene rings is 1. The standard InChI is InChI=1S/C18H23IN2O4/c1-24-15-10-12-13(11-16(15)25-9-4-2-3-7-19)20-17(22)14-6-5-8-21(14)18(12)23/h10-11,14H,2-9H2,1H3,(H,20,22)/t14-/m0/s1. The normalized spacial score (nSPS) is 19.1. The van der Waals surface area contributed by atoms with Gasteiger partial charge in [-0.15, -0.1) is 0 Å². The maximum atomic E-state index is 12.8. The Morgan fingerprint density at radius 2 is 2.08 bits per heavy atom. The third kappa shape index (κ3) is 3.86. The van der Waals surface area contributed by atoms with Gasteiger partial charge < -0.3 is 19.7 Å². The van der Waals surface area contributed by atoms with Crippen LogP contribution in [-0.2, 0) is 4.79 Å². The molecule has 25 heavy (non-hydrogen) atoms. The van der Waals surface area contributed by atoms with E-state index in [4.69, 9.17) is 9.47 Å². The minimum Gasteiger partial charge on any atom is -0.493 e. The monoisotopic (exact) mass is 458 g/mol. The topological polar surface area (TPSA) is 67.9 Å². The molecule has 0 aliphatic carbocycles. The van der Waals surface area contributed by atoms with Crippen molar-refractivity contribution in [1.29, 1.82) is 0 Å². The van der Waals surface area contributed by atoms with Gasteiger partial charge in [0.05, 0.1) is 25.0 Å². The molecule has 136 valence electrons. The fraction of sp³-hybridized carbons (Fsp3) is 0.556. The average molecular weight is 458 g/mol. The number of anilines is 1. The Labute approximate surface area is 161 Å². The minimum atomic E-state index is -0.372. The molecule has 0 aromatic heterocycles. The van der Waals surface area contributed by atoms with E-state index in [0.29, 0.717) is 42.3 Å². The summed E-state index contributed by atoms with van der Waals surface area (Å²) in [6.07, 6.45) is 4.82. The van der Waals surface area contributed by atoms with Crippen LogP contribution in [0.25, 0.3) is 0 Å². The number of methoxy groups -OCH3 is 1. The molecular formula is C18H23IN2O4. The molecule has 1 atom stereocenters. The van der Waals surface area contributed by atoms with Gasteiger partial charge in [0.25, 0.3) is 5.91 Å². The maximum absolute atomic E-state index is 12.8. The van der Waals surface area contributed by atoms with E-state index in [-0.39, 0.29) is 17.9 Å². The molecule has 2 aliphatic rings. The molecule has 0 radical (unpaired) electrons. The summed E-state index contributed by atoms with van der Waals surface area (Å²) in [5.74, 6) is 0.837. The second kappa shape index (κ2) is 8.25. The first-order chi connectivity index (χ1) is 12.2. The Hall–Kier alpha value is -1.51. The number of nitrogens with zero attached hydrogens (tertiary/aromatic N) is 1. The molecule has 0 unspecified atom stereocenters. The van der Waals surface area contributed by atoms with E-state index in [1.165, 1.54) is 6.42 Å². The van der Waals surface area contributed by atoms with Crippen molar-refractivity contribution in [2.75, 3.05) is 30.0 Å². The highest BCUT2D eigenvalue weighted by atomic mass is 127. The summed E-state index contributed by atoms with van der Waals surface area (Å²) in [5, 5.41) is 2.89. The van der Waals surface area contributed by atoms with Crippen LogP contribution < -0.4 is 14.8 Å². The summed E-state index contributed by atoms with van der Waals surface area (Å²) in [4.78, 5) is 26.9. The highest BCUT2D eigenvalue weighted by Gasteiger charge is 2.38. The lowest BCUT2D eigenvalue weighted by atomic mass is 10.1. The molecule has 7 heteroatoms. The summed E-state index contributed by atoms with van der Waals surface area (Å²) in [6, 6.07) is 3.02. The van der Waals surface area contributed by atoms with Crippen LogP contribution in [0.3, 0.4) is 0 Å². The van der Waals surface area contributed by atoms with Crippen molar-refractivity contribution in [1.82, 2.24) is 4.90 Å². The van der Waals surface area contributed by atoms with Crippen molar-refractivity contribution >= 4 is 40.1 Å². The predicted molar refractivity (Wildman–Crippen MR) is 104 cm³/mol. The Balaban J connectivity index is 1.83. The van der Waals surface area contributed by atoms with Crippen molar-refractivity contribution in [3.63, 3.8) is 0 Å². The number of fused-ring (bicyclic) bond motifs is 2. The van der Waals surface area contributed by atoms with Crippen LogP contribution in [0.15, 0.2) is 12.1 Å². The molecule has 2 heterocycles. The van der Waals surface area contributed by atoms with Gasteiger partial charge in [0.1, 0.15) is 6.04 Å². The summed E-state index contributed by atoms with van der Waals surface area (Å²) < 4.78 is 12.4. The molecule has 3 rings (SSSR count). The first-order valence-electron chi connectivity index (χ1n) is 8.68. The van der Waals surface area contributed by atoms with E-state index in [0.717, 1.165) is 23.7 Å². The number of carbonyl (C=O) groups is 2. The molecule has 2 aliphatic heterocycles. The molecule has 6 nitrogen and oxygen atoms in total. The molecule has 1 aromatic carbocycles. The number of halogens is 1. The Kier molecular flexibility index (Phi) is 6.03. The van der Waals surface area contributed by atoms with Gasteiger partial charge in [-0.2, -0.15) is 0 Å². The Morgan fingerprint density at radius 3 is 2.84 bits per heavy atom. The molecule has 1 N–H and O–H groups in total. The van der Waals surface area contributed by atoms with E-state index in [1.54, 1.807) is 24.1 Å². The quantitative estimate of drug-likeness (QED) is 0.387. The van der Waals surface area contributed by atoms with Crippen LogP contribution in [0.2, 0.25) is 0 Å². The summed E-state index contributed by atoms with van der Waals surface area (Å²) in [5.41, 5.74) is 0.972. The number of nitrogens with one attached hydrogen (secondary N) is 1. The van der Waals surface area contributed by atoms with Crippen molar-refractivity contribution in [2.45, 2.75) is 38.1 Å². The second-order valence-electron chi connectivity index (χ2n) is 6.29. The lowest BCUT2D eigenvalue weighted by molar-refractivity contribution is -0.119. The second-order valence-corrected chi connectivity index (χ2v) is 7.37. The lowest BCUT2D eigenvalue weighted by Gasteiger charge is -2.20. The van der Waals surface area contributed by atoms with E-state index >= 15 is 0 Å². The molecule has 1 saturated heterocycles. The van der Waals surface area contributed by atoms with E-state index in [1.807, 2.05) is 0 Å². The van der Waals surface area contributed by atoms with Crippen molar-refractivity contribution in [2.24, 2.45) is 0 Å². The number of hydrogen-bond donors (Lipinski definition) is 1. The van der Waals surface area contributed by atoms with Crippen molar-refractivity contribution < 1.29 is 19.1 Å². The molecule has 0 bridgehead atoms. The minimum absolute atomic E-state index is 0.122. The molecule has 1 fully saturated rings. The highest BCUT2D eigenvalue weighted by molar-refractivity contribution is 14.1. The SMILES string of the molecule is COc1cc2c(cc1OCCCCCI)NC(=O)[C@@H]1CCCN1C2=O. The Bertz CT molecular complexity index is 665. The maximum Gasteiger partial charge on any atom is 0.256 e. The van der Waals surface area contributed by atoms with Crippen LogP contribution in [0.5, 0.6) is 11.5 Å². The van der Waals surface area contributed by atoms with Gasteiger partial charge in [-0.05, 0) is 42.6 Å². The predicted octanol–water partition coefficient (Wildman–Crippen LogP) is 3.24. The zero-order valence-corrected chi connectivity index (χ0v) is 16.5. The van der Waals surface area contributed by atoms with Crippen LogP contribution in [-0.4, -0.2) is 47.4 Å². The van der Waals surface area contributed by atoms with E-state index < -0.39 is 0 Å². The van der Waals surface area contributed by atoms with Gasteiger partial charge in [0.2, 0.25) is 5.91 Å². The van der Waals surface area contributed by atoms with Gasteiger partial charge in [0, 0.05) is 12.6 Å². The van der Waals surface area contributed by atoms with E-state index in [2.05, 4.69) is 27.9 Å². The third-order valence-corrected chi connectivity index (χ3v) is 5.41. The largest absolute Gasteiger partial charge is 0.493 e. The van der Waals surface area contributed by atoms with Gasteiger partial charge in [0.15, 0.2) is 11.5 Å². The number of amides is 2. The summed E-state index contributed by atoms with van der Waals surface area (Å²) >= 11 is 2.37. The van der Waals surface area contributed by atoms with Crippen LogP contribution in [0.4, 0.5) is 5.69 Å². The average Bonchev–Trinajstić information content (AvgIpc) is 3.07. The van der Waals surface area contributed by atoms with Crippen molar-refractivity contribution in [3.8, 4) is 11.5 Å². The van der Waals surface area contributed by atoms with Gasteiger partial charge >= 0.3 is 0 Å². The molecule has 0 spiro atoms. The molecule has 1 aromatic rings. The first kappa shape index (κ1) is 18.3. The van der Waals surface area contributed by atoms with Crippen LogP contribution in [0, 0.1) is 0 Å². The van der Waals surface area contributed by atoms with Gasteiger partial charge in [-0.3, -0.25) is 9.59 Å². The van der Waals surface area contributed by atoms with Gasteiger partial charge in [-0.25, -0.2) is 0 Å². The number of hydrogen-bond acceptors (Lipinski definition) is 4. The summed E-state index contributed by atoms with van der Waals surface area (Å²) in [6.45, 7) is 1.20. The smallest absolute Gasteiger partial charge is 0.256 e. The number of alkyl halides is 1. The van der Waals surface area contributed by atoms with Gasteiger partial charge in [-0.1, -0.05) is 22.6 Å². The number of unbranched alkanes of at least 4 members (excludes halogenated alkanes) is 2. The molecular weight excluding hydrogens is 435 g/mol. The Morgan fingerprint density at radius 1 is 1.24 bits per heavy atom. The number of rotatable bonds is 7. The molecule has 0 saturated carbocycles. The van der Waals surface area contributed by atoms with Crippen molar-refractivity contribution in [3.05, 3.63) is 17.7 Å². The summed E-state index contributed by atoms with van der Waals surface area (Å²) in [7, 11) is 1.56. The first-order valence-corrected chi connectivity index (χ1v) is 10.2. The van der Waals surface area contributed by atoms with Crippen LogP contribution in [0.1, 0.15) is 42.5 Å². The highest BCUT2D eigenvalue weighted by Crippen LogP contribution is 2.37.